The fourth-order valence-electron chi connectivity index (χ4n) is 1.92. The van der Waals surface area contributed by atoms with Gasteiger partial charge in [0.15, 0.2) is 6.61 Å². The monoisotopic (exact) mass is 234 g/mol. The maximum atomic E-state index is 11.9. The predicted octanol–water partition coefficient (Wildman–Crippen LogP) is 1.72. The van der Waals surface area contributed by atoms with Crippen LogP contribution >= 0.6 is 0 Å². The minimum atomic E-state index is 0.0579. The zero-order chi connectivity index (χ0) is 12.1. The minimum Gasteiger partial charge on any atom is -0.468 e. The molecule has 4 nitrogen and oxygen atoms in total. The zero-order valence-electron chi connectivity index (χ0n) is 10.1. The van der Waals surface area contributed by atoms with E-state index in [9.17, 15) is 4.79 Å². The number of hydrogen-bond donors (Lipinski definition) is 0. The van der Waals surface area contributed by atoms with Crippen molar-refractivity contribution >= 4 is 5.91 Å². The van der Waals surface area contributed by atoms with Crippen molar-refractivity contribution in [3.63, 3.8) is 0 Å². The molecule has 0 atom stereocenters. The summed E-state index contributed by atoms with van der Waals surface area (Å²) in [5.74, 6) is 1.30. The van der Waals surface area contributed by atoms with E-state index >= 15 is 0 Å². The van der Waals surface area contributed by atoms with Crippen molar-refractivity contribution in [3.05, 3.63) is 24.4 Å². The van der Waals surface area contributed by atoms with Crippen molar-refractivity contribution in [2.75, 3.05) is 19.7 Å². The van der Waals surface area contributed by atoms with Gasteiger partial charge in [-0.2, -0.15) is 0 Å². The zero-order valence-corrected chi connectivity index (χ0v) is 10.1. The molecule has 1 aromatic rings. The Kier molecular flexibility index (Phi) is 3.96. The molecule has 1 aliphatic heterocycles. The van der Waals surface area contributed by atoms with Gasteiger partial charge in [-0.3, -0.25) is 4.79 Å². The van der Waals surface area contributed by atoms with Crippen LogP contribution < -0.4 is 4.74 Å². The molecule has 0 unspecified atom stereocenters. The number of nitrogens with zero attached hydrogens (tertiary/aromatic N) is 2. The summed E-state index contributed by atoms with van der Waals surface area (Å²) in [4.78, 5) is 17.7. The van der Waals surface area contributed by atoms with Gasteiger partial charge in [-0.15, -0.1) is 0 Å². The molecule has 1 saturated heterocycles. The van der Waals surface area contributed by atoms with Crippen molar-refractivity contribution in [1.29, 1.82) is 0 Å². The van der Waals surface area contributed by atoms with Gasteiger partial charge in [0.2, 0.25) is 5.88 Å². The molecule has 17 heavy (non-hydrogen) atoms. The average molecular weight is 234 g/mol. The average Bonchev–Trinajstić information content (AvgIpc) is 2.38. The summed E-state index contributed by atoms with van der Waals surface area (Å²) in [7, 11) is 0. The van der Waals surface area contributed by atoms with Crippen molar-refractivity contribution in [2.24, 2.45) is 5.92 Å². The first kappa shape index (κ1) is 11.9. The largest absolute Gasteiger partial charge is 0.468 e. The van der Waals surface area contributed by atoms with Gasteiger partial charge in [0.25, 0.3) is 5.91 Å². The Bertz CT molecular complexity index is 359. The van der Waals surface area contributed by atoms with Crippen molar-refractivity contribution in [3.8, 4) is 5.88 Å². The number of pyridine rings is 1. The number of rotatable bonds is 3. The topological polar surface area (TPSA) is 42.4 Å². The quantitative estimate of drug-likeness (QED) is 0.799. The van der Waals surface area contributed by atoms with E-state index in [1.54, 1.807) is 12.3 Å². The molecule has 0 bridgehead atoms. The normalized spacial score (nSPS) is 16.9. The maximum absolute atomic E-state index is 11.9. The predicted molar refractivity (Wildman–Crippen MR) is 64.7 cm³/mol. The van der Waals surface area contributed by atoms with Gasteiger partial charge in [0.05, 0.1) is 0 Å². The molecular weight excluding hydrogens is 216 g/mol. The van der Waals surface area contributed by atoms with Crippen LogP contribution in [0.5, 0.6) is 5.88 Å². The first-order valence-corrected chi connectivity index (χ1v) is 6.07. The number of aromatic nitrogens is 1. The Morgan fingerprint density at radius 2 is 2.24 bits per heavy atom. The van der Waals surface area contributed by atoms with E-state index in [0.29, 0.717) is 5.88 Å². The Balaban J connectivity index is 1.78. The molecule has 1 amide bonds. The summed E-state index contributed by atoms with van der Waals surface area (Å²) < 4.78 is 5.35. The van der Waals surface area contributed by atoms with Gasteiger partial charge in [-0.1, -0.05) is 13.0 Å². The second-order valence-electron chi connectivity index (χ2n) is 4.52. The van der Waals surface area contributed by atoms with Crippen LogP contribution in [0.25, 0.3) is 0 Å². The molecular formula is C13H18N2O2. The second-order valence-corrected chi connectivity index (χ2v) is 4.52. The summed E-state index contributed by atoms with van der Waals surface area (Å²) in [5.41, 5.74) is 0. The van der Waals surface area contributed by atoms with Crippen LogP contribution in [0, 0.1) is 5.92 Å². The number of piperidine rings is 1. The molecule has 0 radical (unpaired) electrons. The highest BCUT2D eigenvalue weighted by Crippen LogP contribution is 2.16. The Morgan fingerprint density at radius 3 is 2.88 bits per heavy atom. The van der Waals surface area contributed by atoms with Crippen molar-refractivity contribution in [1.82, 2.24) is 9.88 Å². The Labute approximate surface area is 102 Å². The van der Waals surface area contributed by atoms with Gasteiger partial charge in [0.1, 0.15) is 0 Å². The van der Waals surface area contributed by atoms with Crippen molar-refractivity contribution in [2.45, 2.75) is 19.8 Å². The summed E-state index contributed by atoms with van der Waals surface area (Å²) in [6.07, 6.45) is 3.84. The van der Waals surface area contributed by atoms with Gasteiger partial charge in [-0.05, 0) is 24.8 Å². The van der Waals surface area contributed by atoms with E-state index in [2.05, 4.69) is 11.9 Å². The second kappa shape index (κ2) is 5.66. The third-order valence-corrected chi connectivity index (χ3v) is 3.12. The van der Waals surface area contributed by atoms with Crippen LogP contribution in [0.1, 0.15) is 19.8 Å². The van der Waals surface area contributed by atoms with Crippen LogP contribution in [-0.4, -0.2) is 35.5 Å². The lowest BCUT2D eigenvalue weighted by molar-refractivity contribution is -0.134. The molecule has 1 fully saturated rings. The highest BCUT2D eigenvalue weighted by atomic mass is 16.5. The molecule has 0 N–H and O–H groups in total. The van der Waals surface area contributed by atoms with Crippen LogP contribution in [0.3, 0.4) is 0 Å². The molecule has 2 rings (SSSR count). The number of hydrogen-bond acceptors (Lipinski definition) is 3. The van der Waals surface area contributed by atoms with Crippen LogP contribution in [-0.2, 0) is 4.79 Å². The number of likely N-dealkylation sites (tertiary alicyclic amines) is 1. The molecule has 0 aliphatic carbocycles. The van der Waals surface area contributed by atoms with E-state index in [0.717, 1.165) is 31.8 Å². The first-order valence-electron chi connectivity index (χ1n) is 6.07. The van der Waals surface area contributed by atoms with E-state index in [1.165, 1.54) is 0 Å². The number of carbonyl (C=O) groups is 1. The maximum Gasteiger partial charge on any atom is 0.260 e. The van der Waals surface area contributed by atoms with Crippen molar-refractivity contribution < 1.29 is 9.53 Å². The third kappa shape index (κ3) is 3.44. The molecule has 92 valence electrons. The van der Waals surface area contributed by atoms with Gasteiger partial charge < -0.3 is 9.64 Å². The Morgan fingerprint density at radius 1 is 1.47 bits per heavy atom. The molecule has 0 aromatic carbocycles. The Hall–Kier alpha value is -1.58. The number of carbonyl (C=O) groups excluding carboxylic acids is 1. The molecule has 1 aromatic heterocycles. The van der Waals surface area contributed by atoms with E-state index < -0.39 is 0 Å². The third-order valence-electron chi connectivity index (χ3n) is 3.12. The van der Waals surface area contributed by atoms with Crippen LogP contribution in [0.15, 0.2) is 24.4 Å². The SMILES string of the molecule is CC1CCN(C(=O)COc2ccccn2)CC1. The smallest absolute Gasteiger partial charge is 0.260 e. The molecule has 4 heteroatoms. The number of ether oxygens (including phenoxy) is 1. The highest BCUT2D eigenvalue weighted by Gasteiger charge is 2.20. The molecule has 0 saturated carbocycles. The van der Waals surface area contributed by atoms with Crippen LogP contribution in [0.2, 0.25) is 0 Å². The summed E-state index contributed by atoms with van der Waals surface area (Å²) in [6, 6.07) is 5.42. The summed E-state index contributed by atoms with van der Waals surface area (Å²) in [5, 5.41) is 0. The first-order chi connectivity index (χ1) is 8.25. The minimum absolute atomic E-state index is 0.0579. The lowest BCUT2D eigenvalue weighted by atomic mass is 9.99. The van der Waals surface area contributed by atoms with E-state index in [4.69, 9.17) is 4.74 Å². The molecule has 1 aliphatic rings. The molecule has 2 heterocycles. The van der Waals surface area contributed by atoms with E-state index in [-0.39, 0.29) is 12.5 Å². The summed E-state index contributed by atoms with van der Waals surface area (Å²) in [6.45, 7) is 4.02. The lowest BCUT2D eigenvalue weighted by Gasteiger charge is -2.30. The molecule has 0 spiro atoms. The summed E-state index contributed by atoms with van der Waals surface area (Å²) >= 11 is 0. The standard InChI is InChI=1S/C13H18N2O2/c1-11-5-8-15(9-6-11)13(16)10-17-12-4-2-3-7-14-12/h2-4,7,11H,5-6,8-10H2,1H3. The van der Waals surface area contributed by atoms with E-state index in [1.807, 2.05) is 17.0 Å². The lowest BCUT2D eigenvalue weighted by Crippen LogP contribution is -2.40. The fourth-order valence-corrected chi connectivity index (χ4v) is 1.92. The van der Waals surface area contributed by atoms with Gasteiger partial charge in [0, 0.05) is 25.4 Å². The van der Waals surface area contributed by atoms with Gasteiger partial charge in [-0.25, -0.2) is 4.98 Å². The van der Waals surface area contributed by atoms with Crippen LogP contribution in [0.4, 0.5) is 0 Å². The fraction of sp³-hybridized carbons (Fsp3) is 0.538. The van der Waals surface area contributed by atoms with Gasteiger partial charge >= 0.3 is 0 Å². The highest BCUT2D eigenvalue weighted by molar-refractivity contribution is 5.77. The number of amides is 1.